The number of carbonyl (C=O) groups excluding carboxylic acids is 2. The Morgan fingerprint density at radius 3 is 2.48 bits per heavy atom. The van der Waals surface area contributed by atoms with E-state index in [-0.39, 0.29) is 12.7 Å². The molecular formula is C20H21NO6. The van der Waals surface area contributed by atoms with Crippen LogP contribution >= 0.6 is 0 Å². The van der Waals surface area contributed by atoms with Gasteiger partial charge < -0.3 is 19.9 Å². The SMILES string of the molecule is O=CC(=O)Nc1ccc(Oc2ccccc2)cc1OCCCCCC(=O)O. The van der Waals surface area contributed by atoms with Gasteiger partial charge in [-0.05, 0) is 43.5 Å². The van der Waals surface area contributed by atoms with Gasteiger partial charge in [0, 0.05) is 12.5 Å². The van der Waals surface area contributed by atoms with Gasteiger partial charge in [0.25, 0.3) is 5.91 Å². The number of hydrogen-bond donors (Lipinski definition) is 2. The Hall–Kier alpha value is -3.35. The Kier molecular flexibility index (Phi) is 7.84. The number of carbonyl (C=O) groups is 3. The first-order valence-corrected chi connectivity index (χ1v) is 8.56. The summed E-state index contributed by atoms with van der Waals surface area (Å²) in [6.07, 6.45) is 2.26. The van der Waals surface area contributed by atoms with Crippen molar-refractivity contribution in [3.05, 3.63) is 48.5 Å². The zero-order chi connectivity index (χ0) is 19.5. The number of benzene rings is 2. The number of aldehydes is 1. The largest absolute Gasteiger partial charge is 0.491 e. The van der Waals surface area contributed by atoms with E-state index in [0.29, 0.717) is 48.8 Å². The molecule has 0 aliphatic rings. The van der Waals surface area contributed by atoms with E-state index in [4.69, 9.17) is 14.6 Å². The average molecular weight is 371 g/mol. The molecule has 142 valence electrons. The molecule has 0 aliphatic carbocycles. The van der Waals surface area contributed by atoms with Crippen molar-refractivity contribution in [1.82, 2.24) is 0 Å². The third-order valence-corrected chi connectivity index (χ3v) is 3.59. The van der Waals surface area contributed by atoms with Gasteiger partial charge in [-0.2, -0.15) is 0 Å². The minimum Gasteiger partial charge on any atom is -0.491 e. The second-order valence-corrected chi connectivity index (χ2v) is 5.73. The molecule has 0 unspecified atom stereocenters. The summed E-state index contributed by atoms with van der Waals surface area (Å²) in [7, 11) is 0. The predicted molar refractivity (Wildman–Crippen MR) is 99.3 cm³/mol. The summed E-state index contributed by atoms with van der Waals surface area (Å²) in [5, 5.41) is 11.1. The van der Waals surface area contributed by atoms with Gasteiger partial charge in [-0.1, -0.05) is 18.2 Å². The molecule has 27 heavy (non-hydrogen) atoms. The molecule has 0 radical (unpaired) electrons. The maximum Gasteiger partial charge on any atom is 0.303 e. The third kappa shape index (κ3) is 7.19. The lowest BCUT2D eigenvalue weighted by atomic mass is 10.2. The van der Waals surface area contributed by atoms with Crippen molar-refractivity contribution in [3.8, 4) is 17.2 Å². The maximum atomic E-state index is 11.4. The van der Waals surface area contributed by atoms with Crippen molar-refractivity contribution < 1.29 is 29.0 Å². The van der Waals surface area contributed by atoms with Crippen molar-refractivity contribution in [1.29, 1.82) is 0 Å². The van der Waals surface area contributed by atoms with E-state index in [1.165, 1.54) is 0 Å². The molecule has 0 fully saturated rings. The third-order valence-electron chi connectivity index (χ3n) is 3.59. The molecule has 2 rings (SSSR count). The van der Waals surface area contributed by atoms with Crippen LogP contribution in [-0.4, -0.2) is 29.9 Å². The molecule has 0 bridgehead atoms. The lowest BCUT2D eigenvalue weighted by Gasteiger charge is -2.14. The Labute approximate surface area is 156 Å². The summed E-state index contributed by atoms with van der Waals surface area (Å²) in [6.45, 7) is 0.346. The van der Waals surface area contributed by atoms with Gasteiger partial charge in [0.05, 0.1) is 12.3 Å². The molecule has 0 atom stereocenters. The molecular weight excluding hydrogens is 350 g/mol. The predicted octanol–water partition coefficient (Wildman–Crippen LogP) is 3.64. The van der Waals surface area contributed by atoms with E-state index >= 15 is 0 Å². The quantitative estimate of drug-likeness (QED) is 0.355. The minimum atomic E-state index is -0.819. The highest BCUT2D eigenvalue weighted by molar-refractivity contribution is 6.29. The smallest absolute Gasteiger partial charge is 0.303 e. The van der Waals surface area contributed by atoms with Crippen molar-refractivity contribution in [3.63, 3.8) is 0 Å². The van der Waals surface area contributed by atoms with Crippen LogP contribution in [0.4, 0.5) is 5.69 Å². The second kappa shape index (κ2) is 10.6. The van der Waals surface area contributed by atoms with Crippen LogP contribution in [0, 0.1) is 0 Å². The first-order chi connectivity index (χ1) is 13.1. The number of nitrogens with one attached hydrogen (secondary N) is 1. The summed E-state index contributed by atoms with van der Waals surface area (Å²) in [5.41, 5.74) is 0.359. The van der Waals surface area contributed by atoms with E-state index in [1.807, 2.05) is 30.3 Å². The number of unbranched alkanes of at least 4 members (excludes halogenated alkanes) is 2. The maximum absolute atomic E-state index is 11.4. The van der Waals surface area contributed by atoms with Crippen LogP contribution < -0.4 is 14.8 Å². The fourth-order valence-electron chi connectivity index (χ4n) is 2.31. The lowest BCUT2D eigenvalue weighted by molar-refractivity contribution is -0.137. The monoisotopic (exact) mass is 371 g/mol. The molecule has 2 aromatic carbocycles. The molecule has 0 spiro atoms. The van der Waals surface area contributed by atoms with E-state index in [9.17, 15) is 14.4 Å². The first kappa shape index (κ1) is 20.0. The zero-order valence-corrected chi connectivity index (χ0v) is 14.7. The van der Waals surface area contributed by atoms with E-state index in [2.05, 4.69) is 5.32 Å². The number of carboxylic acid groups (broad SMARTS) is 1. The topological polar surface area (TPSA) is 102 Å². The van der Waals surface area contributed by atoms with Gasteiger partial charge in [0.15, 0.2) is 0 Å². The van der Waals surface area contributed by atoms with Crippen molar-refractivity contribution in [2.45, 2.75) is 25.7 Å². The molecule has 0 saturated carbocycles. The molecule has 0 aromatic heterocycles. The molecule has 7 nitrogen and oxygen atoms in total. The average Bonchev–Trinajstić information content (AvgIpc) is 2.66. The van der Waals surface area contributed by atoms with Crippen LogP contribution in [0.15, 0.2) is 48.5 Å². The van der Waals surface area contributed by atoms with Gasteiger partial charge in [-0.3, -0.25) is 14.4 Å². The van der Waals surface area contributed by atoms with E-state index in [1.54, 1.807) is 18.2 Å². The van der Waals surface area contributed by atoms with Crippen LogP contribution in [0.1, 0.15) is 25.7 Å². The van der Waals surface area contributed by atoms with Crippen LogP contribution in [-0.2, 0) is 14.4 Å². The fraction of sp³-hybridized carbons (Fsp3) is 0.250. The van der Waals surface area contributed by atoms with Crippen molar-refractivity contribution in [2.75, 3.05) is 11.9 Å². The highest BCUT2D eigenvalue weighted by atomic mass is 16.5. The van der Waals surface area contributed by atoms with Gasteiger partial charge in [-0.15, -0.1) is 0 Å². The molecule has 0 saturated heterocycles. The number of anilines is 1. The number of carboxylic acids is 1. The minimum absolute atomic E-state index is 0.126. The number of hydrogen-bond acceptors (Lipinski definition) is 5. The number of para-hydroxylation sites is 1. The Morgan fingerprint density at radius 1 is 1.00 bits per heavy atom. The Bertz CT molecular complexity index is 775. The number of amides is 1. The summed E-state index contributed by atoms with van der Waals surface area (Å²) in [4.78, 5) is 32.5. The van der Waals surface area contributed by atoms with Gasteiger partial charge in [0.2, 0.25) is 6.29 Å². The summed E-state index contributed by atoms with van der Waals surface area (Å²) in [5.74, 6) is -0.0524. The fourth-order valence-corrected chi connectivity index (χ4v) is 2.31. The van der Waals surface area contributed by atoms with Crippen molar-refractivity contribution >= 4 is 23.9 Å². The molecule has 2 aromatic rings. The summed E-state index contributed by atoms with van der Waals surface area (Å²) >= 11 is 0. The van der Waals surface area contributed by atoms with E-state index in [0.717, 1.165) is 0 Å². The molecule has 1 amide bonds. The molecule has 0 heterocycles. The number of rotatable bonds is 11. The Balaban J connectivity index is 2.02. The number of aliphatic carboxylic acids is 1. The zero-order valence-electron chi connectivity index (χ0n) is 14.7. The van der Waals surface area contributed by atoms with Gasteiger partial charge >= 0.3 is 5.97 Å². The lowest BCUT2D eigenvalue weighted by Crippen LogP contribution is -2.13. The standard InChI is InChI=1S/C20H21NO6/c22-14-19(23)21-17-11-10-16(27-15-7-3-1-4-8-15)13-18(17)26-12-6-2-5-9-20(24)25/h1,3-4,7-8,10-11,13-14H,2,5-6,9,12H2,(H,21,23)(H,24,25). The molecule has 7 heteroatoms. The number of ether oxygens (including phenoxy) is 2. The van der Waals surface area contributed by atoms with Crippen LogP contribution in [0.3, 0.4) is 0 Å². The Morgan fingerprint density at radius 2 is 1.78 bits per heavy atom. The second-order valence-electron chi connectivity index (χ2n) is 5.73. The van der Waals surface area contributed by atoms with Crippen LogP contribution in [0.25, 0.3) is 0 Å². The van der Waals surface area contributed by atoms with Crippen molar-refractivity contribution in [2.24, 2.45) is 0 Å². The van der Waals surface area contributed by atoms with Gasteiger partial charge in [-0.25, -0.2) is 0 Å². The highest BCUT2D eigenvalue weighted by Crippen LogP contribution is 2.32. The molecule has 2 N–H and O–H groups in total. The van der Waals surface area contributed by atoms with E-state index < -0.39 is 11.9 Å². The molecule has 0 aliphatic heterocycles. The summed E-state index contributed by atoms with van der Waals surface area (Å²) in [6, 6.07) is 14.1. The first-order valence-electron chi connectivity index (χ1n) is 8.56. The van der Waals surface area contributed by atoms with Gasteiger partial charge in [0.1, 0.15) is 17.2 Å². The van der Waals surface area contributed by atoms with Crippen LogP contribution in [0.5, 0.6) is 17.2 Å². The highest BCUT2D eigenvalue weighted by Gasteiger charge is 2.10. The van der Waals surface area contributed by atoms with Crippen LogP contribution in [0.2, 0.25) is 0 Å². The summed E-state index contributed by atoms with van der Waals surface area (Å²) < 4.78 is 11.5. The normalized spacial score (nSPS) is 10.1.